The van der Waals surface area contributed by atoms with Crippen LogP contribution in [0.4, 0.5) is 5.13 Å². The fraction of sp³-hybridized carbons (Fsp3) is 0.667. The van der Waals surface area contributed by atoms with Crippen LogP contribution in [0, 0.1) is 0 Å². The third-order valence-electron chi connectivity index (χ3n) is 2.86. The van der Waals surface area contributed by atoms with Crippen LogP contribution in [0.2, 0.25) is 0 Å². The van der Waals surface area contributed by atoms with Crippen LogP contribution in [-0.2, 0) is 22.4 Å². The average molecular weight is 269 g/mol. The monoisotopic (exact) mass is 269 g/mol. The van der Waals surface area contributed by atoms with Gasteiger partial charge in [-0.05, 0) is 25.7 Å². The van der Waals surface area contributed by atoms with Gasteiger partial charge in [0, 0.05) is 18.5 Å². The van der Waals surface area contributed by atoms with Gasteiger partial charge >= 0.3 is 0 Å². The molecular formula is C12H19N3O2S. The first-order valence-electron chi connectivity index (χ1n) is 6.27. The zero-order valence-electron chi connectivity index (χ0n) is 10.6. The van der Waals surface area contributed by atoms with E-state index in [-0.39, 0.29) is 5.91 Å². The Morgan fingerprint density at radius 1 is 1.44 bits per heavy atom. The van der Waals surface area contributed by atoms with E-state index in [9.17, 15) is 4.79 Å². The highest BCUT2D eigenvalue weighted by atomic mass is 32.1. The van der Waals surface area contributed by atoms with Gasteiger partial charge in [0.05, 0.1) is 18.8 Å². The predicted molar refractivity (Wildman–Crippen MR) is 72.1 cm³/mol. The van der Waals surface area contributed by atoms with E-state index in [0.717, 1.165) is 18.0 Å². The number of hydrogen-bond donors (Lipinski definition) is 2. The molecular weight excluding hydrogens is 250 g/mol. The zero-order chi connectivity index (χ0) is 12.8. The van der Waals surface area contributed by atoms with Crippen LogP contribution in [0.5, 0.6) is 0 Å². The summed E-state index contributed by atoms with van der Waals surface area (Å²) in [5.41, 5.74) is 1.17. The Morgan fingerprint density at radius 3 is 3.06 bits per heavy atom. The molecule has 0 saturated carbocycles. The number of thiazole rings is 1. The molecule has 1 amide bonds. The Balaban J connectivity index is 1.78. The number of rotatable bonds is 6. The number of ether oxygens (including phenoxy) is 1. The molecule has 0 aliphatic heterocycles. The third-order valence-corrected chi connectivity index (χ3v) is 3.93. The van der Waals surface area contributed by atoms with Gasteiger partial charge in [-0.3, -0.25) is 4.79 Å². The lowest BCUT2D eigenvalue weighted by molar-refractivity contribution is -0.115. The maximum Gasteiger partial charge on any atom is 0.240 e. The molecule has 1 heterocycles. The van der Waals surface area contributed by atoms with Gasteiger partial charge in [0.25, 0.3) is 0 Å². The molecule has 0 bridgehead atoms. The minimum atomic E-state index is -0.0443. The number of carbonyl (C=O) groups excluding carboxylic acids is 1. The number of nitrogens with zero attached hydrogens (tertiary/aromatic N) is 1. The molecule has 2 rings (SSSR count). The summed E-state index contributed by atoms with van der Waals surface area (Å²) < 4.78 is 4.89. The summed E-state index contributed by atoms with van der Waals surface area (Å²) in [5.74, 6) is -0.0443. The average Bonchev–Trinajstić information content (AvgIpc) is 2.76. The standard InChI is InChI=1S/C12H19N3O2S/c1-17-7-6-13-8-11(16)15-12-14-9-4-2-3-5-10(9)18-12/h13H,2-8H2,1H3,(H,14,15,16). The SMILES string of the molecule is COCCNCC(=O)Nc1nc2c(s1)CCCC2. The van der Waals surface area contributed by atoms with Gasteiger partial charge < -0.3 is 15.4 Å². The Kier molecular flexibility index (Phi) is 5.10. The third kappa shape index (κ3) is 3.76. The second kappa shape index (κ2) is 6.82. The number of methoxy groups -OCH3 is 1. The maximum absolute atomic E-state index is 11.6. The zero-order valence-corrected chi connectivity index (χ0v) is 11.4. The lowest BCUT2D eigenvalue weighted by Gasteiger charge is -2.06. The molecule has 0 unspecified atom stereocenters. The molecule has 0 radical (unpaired) electrons. The van der Waals surface area contributed by atoms with E-state index in [4.69, 9.17) is 4.74 Å². The van der Waals surface area contributed by atoms with Crippen molar-refractivity contribution in [3.63, 3.8) is 0 Å². The van der Waals surface area contributed by atoms with E-state index in [2.05, 4.69) is 15.6 Å². The molecule has 1 aromatic rings. The van der Waals surface area contributed by atoms with Crippen molar-refractivity contribution in [2.24, 2.45) is 0 Å². The Morgan fingerprint density at radius 2 is 2.28 bits per heavy atom. The van der Waals surface area contributed by atoms with Crippen LogP contribution < -0.4 is 10.6 Å². The summed E-state index contributed by atoms with van der Waals surface area (Å²) in [6, 6.07) is 0. The minimum Gasteiger partial charge on any atom is -0.383 e. The number of fused-ring (bicyclic) bond motifs is 1. The molecule has 0 aromatic carbocycles. The topological polar surface area (TPSA) is 63.2 Å². The second-order valence-electron chi connectivity index (χ2n) is 4.31. The Labute approximate surface area is 111 Å². The van der Waals surface area contributed by atoms with E-state index in [1.807, 2.05) is 0 Å². The number of amides is 1. The molecule has 6 heteroatoms. The van der Waals surface area contributed by atoms with Gasteiger partial charge in [-0.25, -0.2) is 4.98 Å². The van der Waals surface area contributed by atoms with Crippen molar-refractivity contribution in [1.29, 1.82) is 0 Å². The quantitative estimate of drug-likeness (QED) is 0.762. The molecule has 1 aliphatic rings. The number of hydrogen-bond acceptors (Lipinski definition) is 5. The van der Waals surface area contributed by atoms with Crippen LogP contribution >= 0.6 is 11.3 Å². The molecule has 0 fully saturated rings. The number of carbonyl (C=O) groups is 1. The molecule has 0 saturated heterocycles. The molecule has 0 atom stereocenters. The maximum atomic E-state index is 11.6. The number of nitrogens with one attached hydrogen (secondary N) is 2. The fourth-order valence-corrected chi connectivity index (χ4v) is 3.01. The van der Waals surface area contributed by atoms with Crippen molar-refractivity contribution in [3.8, 4) is 0 Å². The van der Waals surface area contributed by atoms with Crippen molar-refractivity contribution in [2.45, 2.75) is 25.7 Å². The van der Waals surface area contributed by atoms with Gasteiger partial charge in [0.2, 0.25) is 5.91 Å². The molecule has 5 nitrogen and oxygen atoms in total. The molecule has 1 aliphatic carbocycles. The van der Waals surface area contributed by atoms with E-state index < -0.39 is 0 Å². The molecule has 2 N–H and O–H groups in total. The van der Waals surface area contributed by atoms with Crippen LogP contribution in [0.15, 0.2) is 0 Å². The molecule has 0 spiro atoms. The highest BCUT2D eigenvalue weighted by Crippen LogP contribution is 2.29. The van der Waals surface area contributed by atoms with Crippen molar-refractivity contribution in [3.05, 3.63) is 10.6 Å². The lowest BCUT2D eigenvalue weighted by Crippen LogP contribution is -2.30. The van der Waals surface area contributed by atoms with Crippen LogP contribution in [0.25, 0.3) is 0 Å². The van der Waals surface area contributed by atoms with Gasteiger partial charge in [-0.15, -0.1) is 11.3 Å². The first kappa shape index (κ1) is 13.5. The van der Waals surface area contributed by atoms with Crippen molar-refractivity contribution >= 4 is 22.4 Å². The number of aromatic nitrogens is 1. The van der Waals surface area contributed by atoms with E-state index in [1.54, 1.807) is 18.4 Å². The van der Waals surface area contributed by atoms with Gasteiger partial charge in [0.1, 0.15) is 0 Å². The first-order valence-corrected chi connectivity index (χ1v) is 7.09. The van der Waals surface area contributed by atoms with Crippen molar-refractivity contribution < 1.29 is 9.53 Å². The summed E-state index contributed by atoms with van der Waals surface area (Å²) in [6.45, 7) is 1.59. The smallest absolute Gasteiger partial charge is 0.240 e. The predicted octanol–water partition coefficient (Wildman–Crippen LogP) is 1.20. The lowest BCUT2D eigenvalue weighted by atomic mass is 10.0. The minimum absolute atomic E-state index is 0.0443. The second-order valence-corrected chi connectivity index (χ2v) is 5.40. The Hall–Kier alpha value is -0.980. The van der Waals surface area contributed by atoms with Crippen LogP contribution in [0.3, 0.4) is 0 Å². The van der Waals surface area contributed by atoms with Crippen LogP contribution in [-0.4, -0.2) is 37.7 Å². The number of anilines is 1. The van der Waals surface area contributed by atoms with Crippen molar-refractivity contribution in [2.75, 3.05) is 32.1 Å². The highest BCUT2D eigenvalue weighted by molar-refractivity contribution is 7.15. The first-order chi connectivity index (χ1) is 8.79. The normalized spacial score (nSPS) is 14.3. The van der Waals surface area contributed by atoms with Gasteiger partial charge in [-0.2, -0.15) is 0 Å². The van der Waals surface area contributed by atoms with Gasteiger partial charge in [-0.1, -0.05) is 0 Å². The summed E-state index contributed by atoms with van der Waals surface area (Å²) in [5, 5.41) is 6.59. The summed E-state index contributed by atoms with van der Waals surface area (Å²) in [6.07, 6.45) is 4.60. The number of aryl methyl sites for hydroxylation is 2. The molecule has 18 heavy (non-hydrogen) atoms. The fourth-order valence-electron chi connectivity index (χ4n) is 1.95. The van der Waals surface area contributed by atoms with Crippen LogP contribution in [0.1, 0.15) is 23.4 Å². The van der Waals surface area contributed by atoms with E-state index in [0.29, 0.717) is 19.7 Å². The summed E-state index contributed by atoms with van der Waals surface area (Å²) >= 11 is 1.61. The van der Waals surface area contributed by atoms with Gasteiger partial charge in [0.15, 0.2) is 5.13 Å². The molecule has 1 aromatic heterocycles. The molecule has 100 valence electrons. The largest absolute Gasteiger partial charge is 0.383 e. The summed E-state index contributed by atoms with van der Waals surface area (Å²) in [4.78, 5) is 17.4. The van der Waals surface area contributed by atoms with E-state index >= 15 is 0 Å². The summed E-state index contributed by atoms with van der Waals surface area (Å²) in [7, 11) is 1.64. The highest BCUT2D eigenvalue weighted by Gasteiger charge is 2.15. The van der Waals surface area contributed by atoms with Crippen molar-refractivity contribution in [1.82, 2.24) is 10.3 Å². The Bertz CT molecular complexity index is 383. The van der Waals surface area contributed by atoms with E-state index in [1.165, 1.54) is 23.4 Å².